The second-order valence-electron chi connectivity index (χ2n) is 8.47. The topological polar surface area (TPSA) is 87.7 Å². The summed E-state index contributed by atoms with van der Waals surface area (Å²) in [6, 6.07) is 33.1. The Morgan fingerprint density at radius 2 is 1.36 bits per heavy atom. The Balaban J connectivity index is 1.54. The molecule has 0 aromatic heterocycles. The van der Waals surface area contributed by atoms with Gasteiger partial charge in [0.1, 0.15) is 12.4 Å². The van der Waals surface area contributed by atoms with Gasteiger partial charge in [0.05, 0.1) is 17.2 Å². The molecule has 0 radical (unpaired) electrons. The van der Waals surface area contributed by atoms with Crippen molar-refractivity contribution < 1.29 is 18.3 Å². The first-order chi connectivity index (χ1) is 17.5. The minimum absolute atomic E-state index is 0.0514. The van der Waals surface area contributed by atoms with E-state index in [2.05, 4.69) is 10.0 Å². The zero-order valence-electron chi connectivity index (χ0n) is 19.9. The molecule has 0 aliphatic rings. The van der Waals surface area contributed by atoms with Gasteiger partial charge in [-0.2, -0.15) is 0 Å². The van der Waals surface area contributed by atoms with Crippen molar-refractivity contribution in [1.82, 2.24) is 5.32 Å². The number of hydrogen-bond donors (Lipinski definition) is 3. The first kappa shape index (κ1) is 25.4. The van der Waals surface area contributed by atoms with Gasteiger partial charge in [-0.3, -0.25) is 4.72 Å². The molecule has 4 aromatic carbocycles. The molecule has 7 heteroatoms. The van der Waals surface area contributed by atoms with Gasteiger partial charge in [0.2, 0.25) is 0 Å². The second kappa shape index (κ2) is 12.4. The Labute approximate surface area is 212 Å². The van der Waals surface area contributed by atoms with Crippen LogP contribution >= 0.6 is 0 Å². The van der Waals surface area contributed by atoms with Gasteiger partial charge in [0, 0.05) is 12.6 Å². The first-order valence-corrected chi connectivity index (χ1v) is 13.3. The van der Waals surface area contributed by atoms with Crippen LogP contribution in [0.1, 0.15) is 16.7 Å². The van der Waals surface area contributed by atoms with E-state index >= 15 is 0 Å². The summed E-state index contributed by atoms with van der Waals surface area (Å²) in [5.41, 5.74) is 3.32. The van der Waals surface area contributed by atoms with E-state index in [1.807, 2.05) is 66.7 Å². The Morgan fingerprint density at radius 1 is 0.750 bits per heavy atom. The summed E-state index contributed by atoms with van der Waals surface area (Å²) < 4.78 is 34.8. The van der Waals surface area contributed by atoms with Crippen LogP contribution in [0.5, 0.6) is 5.75 Å². The van der Waals surface area contributed by atoms with Crippen LogP contribution < -0.4 is 14.8 Å². The van der Waals surface area contributed by atoms with Crippen LogP contribution in [0.2, 0.25) is 0 Å². The summed E-state index contributed by atoms with van der Waals surface area (Å²) in [4.78, 5) is 0.169. The van der Waals surface area contributed by atoms with Gasteiger partial charge in [-0.1, -0.05) is 84.9 Å². The van der Waals surface area contributed by atoms with E-state index in [0.29, 0.717) is 31.0 Å². The lowest BCUT2D eigenvalue weighted by molar-refractivity contribution is 0.241. The molecule has 0 unspecified atom stereocenters. The lowest BCUT2D eigenvalue weighted by atomic mass is 10.0. The van der Waals surface area contributed by atoms with E-state index in [0.717, 1.165) is 16.7 Å². The Morgan fingerprint density at radius 3 is 2.00 bits per heavy atom. The van der Waals surface area contributed by atoms with Gasteiger partial charge in [-0.05, 0) is 47.4 Å². The molecule has 0 saturated heterocycles. The number of aliphatic hydroxyl groups excluding tert-OH is 1. The molecule has 0 amide bonds. The van der Waals surface area contributed by atoms with Crippen LogP contribution in [0.3, 0.4) is 0 Å². The smallest absolute Gasteiger partial charge is 0.262 e. The molecular formula is C29H30N2O4S. The predicted molar refractivity (Wildman–Crippen MR) is 142 cm³/mol. The maximum absolute atomic E-state index is 13.1. The molecule has 4 rings (SSSR count). The van der Waals surface area contributed by atoms with E-state index in [1.165, 1.54) is 0 Å². The standard InChI is InChI=1S/C29H30N2O4S/c32-21-26(30-20-23-10-4-1-5-11-23)18-25-16-17-29(35-22-24-12-6-2-7-13-24)28(19-25)31-36(33,34)27-14-8-3-9-15-27/h1-17,19,26,30-32H,18,20-22H2/t26-/m0/s1. The van der Waals surface area contributed by atoms with Crippen LogP contribution in [0.4, 0.5) is 5.69 Å². The second-order valence-corrected chi connectivity index (χ2v) is 10.2. The highest BCUT2D eigenvalue weighted by atomic mass is 32.2. The van der Waals surface area contributed by atoms with Crippen molar-refractivity contribution in [2.45, 2.75) is 30.5 Å². The molecule has 0 bridgehead atoms. The Hall–Kier alpha value is -3.65. The summed E-state index contributed by atoms with van der Waals surface area (Å²) >= 11 is 0. The highest BCUT2D eigenvalue weighted by Crippen LogP contribution is 2.30. The van der Waals surface area contributed by atoms with Crippen molar-refractivity contribution in [2.75, 3.05) is 11.3 Å². The van der Waals surface area contributed by atoms with Crippen molar-refractivity contribution >= 4 is 15.7 Å². The molecule has 36 heavy (non-hydrogen) atoms. The van der Waals surface area contributed by atoms with Gasteiger partial charge in [-0.25, -0.2) is 8.42 Å². The van der Waals surface area contributed by atoms with E-state index in [-0.39, 0.29) is 17.5 Å². The molecule has 1 atom stereocenters. The highest BCUT2D eigenvalue weighted by molar-refractivity contribution is 7.92. The molecule has 6 nitrogen and oxygen atoms in total. The molecular weight excluding hydrogens is 472 g/mol. The van der Waals surface area contributed by atoms with Crippen LogP contribution in [0.25, 0.3) is 0 Å². The van der Waals surface area contributed by atoms with Crippen molar-refractivity contribution in [2.24, 2.45) is 0 Å². The lowest BCUT2D eigenvalue weighted by Crippen LogP contribution is -2.34. The number of rotatable bonds is 12. The van der Waals surface area contributed by atoms with Gasteiger partial charge < -0.3 is 15.2 Å². The molecule has 0 aliphatic heterocycles. The molecule has 0 saturated carbocycles. The van der Waals surface area contributed by atoms with E-state index in [9.17, 15) is 13.5 Å². The largest absolute Gasteiger partial charge is 0.487 e. The molecule has 3 N–H and O–H groups in total. The number of hydrogen-bond acceptors (Lipinski definition) is 5. The van der Waals surface area contributed by atoms with Crippen LogP contribution in [-0.4, -0.2) is 26.2 Å². The predicted octanol–water partition coefficient (Wildman–Crippen LogP) is 4.76. The summed E-state index contributed by atoms with van der Waals surface area (Å²) in [5.74, 6) is 0.430. The maximum Gasteiger partial charge on any atom is 0.262 e. The number of aliphatic hydroxyl groups is 1. The summed E-state index contributed by atoms with van der Waals surface area (Å²) in [6.07, 6.45) is 0.516. The van der Waals surface area contributed by atoms with E-state index in [1.54, 1.807) is 42.5 Å². The van der Waals surface area contributed by atoms with Gasteiger partial charge in [0.15, 0.2) is 0 Å². The zero-order chi connectivity index (χ0) is 25.2. The highest BCUT2D eigenvalue weighted by Gasteiger charge is 2.18. The third kappa shape index (κ3) is 7.18. The fourth-order valence-corrected chi connectivity index (χ4v) is 4.87. The van der Waals surface area contributed by atoms with Crippen LogP contribution in [0, 0.1) is 0 Å². The van der Waals surface area contributed by atoms with Gasteiger partial charge in [-0.15, -0.1) is 0 Å². The molecule has 0 heterocycles. The van der Waals surface area contributed by atoms with Crippen molar-refractivity contribution in [3.8, 4) is 5.75 Å². The van der Waals surface area contributed by atoms with E-state index < -0.39 is 10.0 Å². The average Bonchev–Trinajstić information content (AvgIpc) is 2.92. The minimum atomic E-state index is -3.81. The molecule has 0 aliphatic carbocycles. The maximum atomic E-state index is 13.1. The molecule has 186 valence electrons. The van der Waals surface area contributed by atoms with Crippen LogP contribution in [0.15, 0.2) is 114 Å². The summed E-state index contributed by atoms with van der Waals surface area (Å²) in [6.45, 7) is 0.875. The Bertz CT molecular complexity index is 1330. The van der Waals surface area contributed by atoms with Crippen LogP contribution in [-0.2, 0) is 29.6 Å². The lowest BCUT2D eigenvalue weighted by Gasteiger charge is -2.19. The van der Waals surface area contributed by atoms with Crippen molar-refractivity contribution in [3.63, 3.8) is 0 Å². The number of anilines is 1. The van der Waals surface area contributed by atoms with Crippen molar-refractivity contribution in [1.29, 1.82) is 0 Å². The monoisotopic (exact) mass is 502 g/mol. The number of benzene rings is 4. The quantitative estimate of drug-likeness (QED) is 0.260. The number of sulfonamides is 1. The van der Waals surface area contributed by atoms with Crippen molar-refractivity contribution in [3.05, 3.63) is 126 Å². The fraction of sp³-hybridized carbons (Fsp3) is 0.172. The third-order valence-electron chi connectivity index (χ3n) is 5.72. The molecule has 4 aromatic rings. The number of nitrogens with one attached hydrogen (secondary N) is 2. The zero-order valence-corrected chi connectivity index (χ0v) is 20.7. The Kier molecular flexibility index (Phi) is 8.73. The minimum Gasteiger partial charge on any atom is -0.487 e. The summed E-state index contributed by atoms with van der Waals surface area (Å²) in [7, 11) is -3.81. The first-order valence-electron chi connectivity index (χ1n) is 11.8. The molecule has 0 fully saturated rings. The van der Waals surface area contributed by atoms with Gasteiger partial charge >= 0.3 is 0 Å². The fourth-order valence-electron chi connectivity index (χ4n) is 3.79. The number of ether oxygens (including phenoxy) is 1. The summed E-state index contributed by atoms with van der Waals surface area (Å²) in [5, 5.41) is 13.3. The normalized spacial score (nSPS) is 12.1. The average molecular weight is 503 g/mol. The van der Waals surface area contributed by atoms with E-state index in [4.69, 9.17) is 4.74 Å². The SMILES string of the molecule is O=S(=O)(Nc1cc(C[C@@H](CO)NCc2ccccc2)ccc1OCc1ccccc1)c1ccccc1. The molecule has 0 spiro atoms. The third-order valence-corrected chi connectivity index (χ3v) is 7.10. The van der Waals surface area contributed by atoms with Gasteiger partial charge in [0.25, 0.3) is 10.0 Å².